The summed E-state index contributed by atoms with van der Waals surface area (Å²) in [5.41, 5.74) is 0.339. The molecule has 0 fully saturated rings. The SMILES string of the molecule is CCC(C)(CCOCCC(C)C)CNCCOC. The first-order valence-corrected chi connectivity index (χ1v) is 7.31. The van der Waals surface area contributed by atoms with E-state index in [1.807, 2.05) is 0 Å². The molecule has 0 spiro atoms. The van der Waals surface area contributed by atoms with Crippen LogP contribution in [0.3, 0.4) is 0 Å². The lowest BCUT2D eigenvalue weighted by Gasteiger charge is -2.28. The van der Waals surface area contributed by atoms with Gasteiger partial charge < -0.3 is 14.8 Å². The molecule has 0 aliphatic carbocycles. The van der Waals surface area contributed by atoms with Gasteiger partial charge in [0.1, 0.15) is 0 Å². The maximum atomic E-state index is 5.72. The lowest BCUT2D eigenvalue weighted by atomic mass is 9.84. The molecule has 0 rings (SSSR count). The molecule has 3 nitrogen and oxygen atoms in total. The fourth-order valence-corrected chi connectivity index (χ4v) is 1.69. The van der Waals surface area contributed by atoms with Crippen molar-refractivity contribution in [1.82, 2.24) is 5.32 Å². The summed E-state index contributed by atoms with van der Waals surface area (Å²) in [5, 5.41) is 3.46. The minimum atomic E-state index is 0.339. The van der Waals surface area contributed by atoms with Crippen molar-refractivity contribution in [2.45, 2.75) is 47.0 Å². The zero-order valence-corrected chi connectivity index (χ0v) is 13.1. The Morgan fingerprint density at radius 3 is 2.44 bits per heavy atom. The third kappa shape index (κ3) is 9.86. The zero-order valence-electron chi connectivity index (χ0n) is 13.1. The molecule has 1 atom stereocenters. The molecule has 18 heavy (non-hydrogen) atoms. The predicted octanol–water partition coefficient (Wildman–Crippen LogP) is 3.09. The maximum absolute atomic E-state index is 5.72. The van der Waals surface area contributed by atoms with Crippen LogP contribution in [0.5, 0.6) is 0 Å². The number of methoxy groups -OCH3 is 1. The van der Waals surface area contributed by atoms with E-state index >= 15 is 0 Å². The Morgan fingerprint density at radius 2 is 1.89 bits per heavy atom. The number of hydrogen-bond acceptors (Lipinski definition) is 3. The highest BCUT2D eigenvalue weighted by atomic mass is 16.5. The minimum Gasteiger partial charge on any atom is -0.383 e. The molecule has 0 bridgehead atoms. The van der Waals surface area contributed by atoms with E-state index in [1.165, 1.54) is 6.42 Å². The van der Waals surface area contributed by atoms with Gasteiger partial charge in [0.15, 0.2) is 0 Å². The first-order valence-electron chi connectivity index (χ1n) is 7.31. The summed E-state index contributed by atoms with van der Waals surface area (Å²) >= 11 is 0. The average molecular weight is 259 g/mol. The van der Waals surface area contributed by atoms with Crippen molar-refractivity contribution in [3.63, 3.8) is 0 Å². The summed E-state index contributed by atoms with van der Waals surface area (Å²) in [6.07, 6.45) is 3.47. The Labute approximate surface area is 114 Å². The van der Waals surface area contributed by atoms with Crippen molar-refractivity contribution in [2.75, 3.05) is 40.0 Å². The predicted molar refractivity (Wildman–Crippen MR) is 78.0 cm³/mol. The summed E-state index contributed by atoms with van der Waals surface area (Å²) in [6, 6.07) is 0. The first-order chi connectivity index (χ1) is 8.54. The number of nitrogens with one attached hydrogen (secondary N) is 1. The van der Waals surface area contributed by atoms with E-state index in [0.717, 1.165) is 51.7 Å². The summed E-state index contributed by atoms with van der Waals surface area (Å²) in [7, 11) is 1.74. The van der Waals surface area contributed by atoms with Gasteiger partial charge in [-0.15, -0.1) is 0 Å². The standard InChI is InChI=1S/C15H33NO2/c1-6-15(4,13-16-9-12-17-5)8-11-18-10-7-14(2)3/h14,16H,6-13H2,1-5H3. The van der Waals surface area contributed by atoms with Crippen molar-refractivity contribution < 1.29 is 9.47 Å². The second kappa shape index (κ2) is 10.8. The van der Waals surface area contributed by atoms with Crippen LogP contribution in [0.15, 0.2) is 0 Å². The van der Waals surface area contributed by atoms with Crippen LogP contribution in [0.1, 0.15) is 47.0 Å². The largest absolute Gasteiger partial charge is 0.383 e. The Kier molecular flexibility index (Phi) is 10.7. The van der Waals surface area contributed by atoms with Crippen molar-refractivity contribution in [2.24, 2.45) is 11.3 Å². The molecule has 1 N–H and O–H groups in total. The van der Waals surface area contributed by atoms with E-state index in [4.69, 9.17) is 9.47 Å². The normalized spacial score (nSPS) is 15.0. The van der Waals surface area contributed by atoms with E-state index in [2.05, 4.69) is 33.0 Å². The van der Waals surface area contributed by atoms with Crippen LogP contribution in [-0.4, -0.2) is 40.0 Å². The number of rotatable bonds is 12. The van der Waals surface area contributed by atoms with E-state index < -0.39 is 0 Å². The Balaban J connectivity index is 3.65. The molecule has 0 aliphatic heterocycles. The summed E-state index contributed by atoms with van der Waals surface area (Å²) in [4.78, 5) is 0. The number of ether oxygens (including phenoxy) is 2. The van der Waals surface area contributed by atoms with Crippen molar-refractivity contribution in [3.05, 3.63) is 0 Å². The van der Waals surface area contributed by atoms with Crippen LogP contribution in [0.25, 0.3) is 0 Å². The average Bonchev–Trinajstić information content (AvgIpc) is 2.34. The smallest absolute Gasteiger partial charge is 0.0587 e. The zero-order chi connectivity index (χ0) is 13.9. The van der Waals surface area contributed by atoms with Crippen molar-refractivity contribution in [3.8, 4) is 0 Å². The molecule has 0 radical (unpaired) electrons. The third-order valence-corrected chi connectivity index (χ3v) is 3.58. The molecule has 0 aliphatic rings. The molecular weight excluding hydrogens is 226 g/mol. The lowest BCUT2D eigenvalue weighted by molar-refractivity contribution is 0.0884. The second-order valence-electron chi connectivity index (χ2n) is 5.88. The van der Waals surface area contributed by atoms with Crippen LogP contribution >= 0.6 is 0 Å². The lowest BCUT2D eigenvalue weighted by Crippen LogP contribution is -2.34. The van der Waals surface area contributed by atoms with Gasteiger partial charge in [0.25, 0.3) is 0 Å². The van der Waals surface area contributed by atoms with E-state index in [-0.39, 0.29) is 0 Å². The molecule has 0 amide bonds. The fraction of sp³-hybridized carbons (Fsp3) is 1.00. The topological polar surface area (TPSA) is 30.5 Å². The molecule has 0 heterocycles. The van der Waals surface area contributed by atoms with Crippen LogP contribution in [-0.2, 0) is 9.47 Å². The monoisotopic (exact) mass is 259 g/mol. The van der Waals surface area contributed by atoms with E-state index in [9.17, 15) is 0 Å². The molecule has 0 aromatic rings. The van der Waals surface area contributed by atoms with Crippen molar-refractivity contribution in [1.29, 1.82) is 0 Å². The van der Waals surface area contributed by atoms with Gasteiger partial charge in [-0.2, -0.15) is 0 Å². The first kappa shape index (κ1) is 17.9. The van der Waals surface area contributed by atoms with Crippen LogP contribution < -0.4 is 5.32 Å². The molecule has 1 unspecified atom stereocenters. The fourth-order valence-electron chi connectivity index (χ4n) is 1.69. The highest BCUT2D eigenvalue weighted by Crippen LogP contribution is 2.24. The molecule has 110 valence electrons. The summed E-state index contributed by atoms with van der Waals surface area (Å²) in [6.45, 7) is 13.6. The highest BCUT2D eigenvalue weighted by molar-refractivity contribution is 4.75. The van der Waals surface area contributed by atoms with Crippen LogP contribution in [0, 0.1) is 11.3 Å². The van der Waals surface area contributed by atoms with Gasteiger partial charge in [0, 0.05) is 33.4 Å². The van der Waals surface area contributed by atoms with Crippen LogP contribution in [0.4, 0.5) is 0 Å². The van der Waals surface area contributed by atoms with Gasteiger partial charge >= 0.3 is 0 Å². The van der Waals surface area contributed by atoms with Gasteiger partial charge in [-0.05, 0) is 30.6 Å². The van der Waals surface area contributed by atoms with Gasteiger partial charge in [-0.25, -0.2) is 0 Å². The van der Waals surface area contributed by atoms with Gasteiger partial charge in [0.2, 0.25) is 0 Å². The minimum absolute atomic E-state index is 0.339. The molecule has 0 saturated carbocycles. The van der Waals surface area contributed by atoms with E-state index in [1.54, 1.807) is 7.11 Å². The Morgan fingerprint density at radius 1 is 1.17 bits per heavy atom. The molecule has 0 aromatic heterocycles. The van der Waals surface area contributed by atoms with Gasteiger partial charge in [0.05, 0.1) is 6.61 Å². The molecule has 3 heteroatoms. The molecule has 0 saturated heterocycles. The quantitative estimate of drug-likeness (QED) is 0.546. The molecular formula is C15H33NO2. The van der Waals surface area contributed by atoms with E-state index in [0.29, 0.717) is 5.41 Å². The maximum Gasteiger partial charge on any atom is 0.0587 e. The van der Waals surface area contributed by atoms with Gasteiger partial charge in [-0.1, -0.05) is 27.7 Å². The Bertz CT molecular complexity index is 185. The second-order valence-corrected chi connectivity index (χ2v) is 5.88. The number of hydrogen-bond donors (Lipinski definition) is 1. The summed E-state index contributed by atoms with van der Waals surface area (Å²) < 4.78 is 10.8. The highest BCUT2D eigenvalue weighted by Gasteiger charge is 2.21. The summed E-state index contributed by atoms with van der Waals surface area (Å²) in [5.74, 6) is 0.735. The Hall–Kier alpha value is -0.120. The van der Waals surface area contributed by atoms with Crippen LogP contribution in [0.2, 0.25) is 0 Å². The van der Waals surface area contributed by atoms with Crippen molar-refractivity contribution >= 4 is 0 Å². The third-order valence-electron chi connectivity index (χ3n) is 3.58. The molecule has 0 aromatic carbocycles. The van der Waals surface area contributed by atoms with Gasteiger partial charge in [-0.3, -0.25) is 0 Å².